The summed E-state index contributed by atoms with van der Waals surface area (Å²) in [6.45, 7) is 0.428. The molecule has 20 heavy (non-hydrogen) atoms. The SMILES string of the molecule is NCc1cc(Br)ccc1Oc1ccnc2ccccc12. The third-order valence-corrected chi connectivity index (χ3v) is 3.56. The van der Waals surface area contributed by atoms with Crippen LogP contribution in [-0.2, 0) is 6.54 Å². The largest absolute Gasteiger partial charge is 0.456 e. The Hall–Kier alpha value is -1.91. The molecule has 2 N–H and O–H groups in total. The Labute approximate surface area is 125 Å². The van der Waals surface area contributed by atoms with Gasteiger partial charge >= 0.3 is 0 Å². The number of aromatic nitrogens is 1. The maximum atomic E-state index is 6.03. The van der Waals surface area contributed by atoms with Crippen LogP contribution >= 0.6 is 15.9 Å². The third-order valence-electron chi connectivity index (χ3n) is 3.07. The van der Waals surface area contributed by atoms with E-state index >= 15 is 0 Å². The molecule has 0 atom stereocenters. The van der Waals surface area contributed by atoms with Crippen LogP contribution in [0.5, 0.6) is 11.5 Å². The lowest BCUT2D eigenvalue weighted by Crippen LogP contribution is -1.99. The van der Waals surface area contributed by atoms with E-state index in [1.54, 1.807) is 6.20 Å². The van der Waals surface area contributed by atoms with Gasteiger partial charge in [0.15, 0.2) is 0 Å². The van der Waals surface area contributed by atoms with Gasteiger partial charge in [-0.25, -0.2) is 0 Å². The number of ether oxygens (including phenoxy) is 1. The molecule has 1 aromatic heterocycles. The van der Waals surface area contributed by atoms with E-state index in [1.807, 2.05) is 48.5 Å². The summed E-state index contributed by atoms with van der Waals surface area (Å²) < 4.78 is 7.02. The lowest BCUT2D eigenvalue weighted by Gasteiger charge is -2.12. The van der Waals surface area contributed by atoms with Gasteiger partial charge in [-0.05, 0) is 36.4 Å². The number of hydrogen-bond donors (Lipinski definition) is 1. The number of pyridine rings is 1. The Morgan fingerprint density at radius 3 is 2.75 bits per heavy atom. The first-order valence-corrected chi connectivity index (χ1v) is 7.07. The lowest BCUT2D eigenvalue weighted by molar-refractivity contribution is 0.481. The van der Waals surface area contributed by atoms with Gasteiger partial charge in [-0.3, -0.25) is 4.98 Å². The summed E-state index contributed by atoms with van der Waals surface area (Å²) in [4.78, 5) is 4.33. The van der Waals surface area contributed by atoms with Crippen molar-refractivity contribution in [3.8, 4) is 11.5 Å². The van der Waals surface area contributed by atoms with E-state index in [-0.39, 0.29) is 0 Å². The minimum Gasteiger partial charge on any atom is -0.456 e. The van der Waals surface area contributed by atoms with Crippen LogP contribution in [0.15, 0.2) is 59.2 Å². The highest BCUT2D eigenvalue weighted by Crippen LogP contribution is 2.31. The second-order valence-corrected chi connectivity index (χ2v) is 5.30. The molecule has 0 amide bonds. The number of halogens is 1. The molecule has 0 aliphatic carbocycles. The number of nitrogens with zero attached hydrogens (tertiary/aromatic N) is 1. The number of hydrogen-bond acceptors (Lipinski definition) is 3. The molecule has 100 valence electrons. The van der Waals surface area contributed by atoms with Gasteiger partial charge in [-0.1, -0.05) is 28.1 Å². The van der Waals surface area contributed by atoms with Crippen molar-refractivity contribution in [2.75, 3.05) is 0 Å². The molecule has 0 fully saturated rings. The van der Waals surface area contributed by atoms with Crippen molar-refractivity contribution in [1.29, 1.82) is 0 Å². The second kappa shape index (κ2) is 5.61. The summed E-state index contributed by atoms with van der Waals surface area (Å²) in [7, 11) is 0. The molecule has 3 rings (SSSR count). The Kier molecular flexibility index (Phi) is 3.67. The number of fused-ring (bicyclic) bond motifs is 1. The number of para-hydroxylation sites is 1. The van der Waals surface area contributed by atoms with E-state index in [9.17, 15) is 0 Å². The number of rotatable bonds is 3. The average Bonchev–Trinajstić information content (AvgIpc) is 2.49. The molecule has 3 nitrogen and oxygen atoms in total. The minimum atomic E-state index is 0.428. The monoisotopic (exact) mass is 328 g/mol. The van der Waals surface area contributed by atoms with Gasteiger partial charge in [0, 0.05) is 28.2 Å². The summed E-state index contributed by atoms with van der Waals surface area (Å²) in [5.74, 6) is 1.56. The van der Waals surface area contributed by atoms with Crippen molar-refractivity contribution in [2.45, 2.75) is 6.54 Å². The van der Waals surface area contributed by atoms with Crippen molar-refractivity contribution < 1.29 is 4.74 Å². The highest BCUT2D eigenvalue weighted by molar-refractivity contribution is 9.10. The average molecular weight is 329 g/mol. The van der Waals surface area contributed by atoms with E-state index in [1.165, 1.54) is 0 Å². The highest BCUT2D eigenvalue weighted by Gasteiger charge is 2.07. The Balaban J connectivity index is 2.05. The standard InChI is InChI=1S/C16H13BrN2O/c17-12-5-6-15(11(9-12)10-18)20-16-7-8-19-14-4-2-1-3-13(14)16/h1-9H,10,18H2. The first-order chi connectivity index (χ1) is 9.78. The van der Waals surface area contributed by atoms with Gasteiger partial charge in [-0.15, -0.1) is 0 Å². The normalized spacial score (nSPS) is 10.7. The topological polar surface area (TPSA) is 48.1 Å². The van der Waals surface area contributed by atoms with Gasteiger partial charge in [0.25, 0.3) is 0 Å². The molecular formula is C16H13BrN2O. The Morgan fingerprint density at radius 1 is 1.05 bits per heavy atom. The summed E-state index contributed by atoms with van der Waals surface area (Å²) in [6.07, 6.45) is 1.75. The molecule has 0 bridgehead atoms. The number of benzene rings is 2. The molecule has 1 heterocycles. The predicted octanol–water partition coefficient (Wildman–Crippen LogP) is 4.25. The predicted molar refractivity (Wildman–Crippen MR) is 83.9 cm³/mol. The summed E-state index contributed by atoms with van der Waals surface area (Å²) in [5, 5.41) is 0.987. The zero-order valence-electron chi connectivity index (χ0n) is 10.7. The Morgan fingerprint density at radius 2 is 1.90 bits per heavy atom. The molecule has 0 saturated heterocycles. The lowest BCUT2D eigenvalue weighted by atomic mass is 10.2. The van der Waals surface area contributed by atoms with E-state index < -0.39 is 0 Å². The van der Waals surface area contributed by atoms with Crippen LogP contribution in [0.3, 0.4) is 0 Å². The molecular weight excluding hydrogens is 316 g/mol. The van der Waals surface area contributed by atoms with Crippen LogP contribution in [0.1, 0.15) is 5.56 Å². The quantitative estimate of drug-likeness (QED) is 0.781. The molecule has 0 saturated carbocycles. The van der Waals surface area contributed by atoms with Crippen molar-refractivity contribution in [1.82, 2.24) is 4.98 Å². The van der Waals surface area contributed by atoms with Crippen LogP contribution in [-0.4, -0.2) is 4.98 Å². The van der Waals surface area contributed by atoms with Gasteiger partial charge in [0.1, 0.15) is 11.5 Å². The molecule has 0 unspecified atom stereocenters. The van der Waals surface area contributed by atoms with Crippen molar-refractivity contribution >= 4 is 26.8 Å². The van der Waals surface area contributed by atoms with Crippen LogP contribution in [0, 0.1) is 0 Å². The fraction of sp³-hybridized carbons (Fsp3) is 0.0625. The zero-order valence-corrected chi connectivity index (χ0v) is 12.3. The molecule has 3 aromatic rings. The first-order valence-electron chi connectivity index (χ1n) is 6.28. The fourth-order valence-electron chi connectivity index (χ4n) is 2.08. The maximum absolute atomic E-state index is 6.03. The van der Waals surface area contributed by atoms with E-state index in [0.717, 1.165) is 32.4 Å². The first kappa shape index (κ1) is 13.1. The van der Waals surface area contributed by atoms with Crippen LogP contribution in [0.25, 0.3) is 10.9 Å². The van der Waals surface area contributed by atoms with Crippen molar-refractivity contribution in [3.63, 3.8) is 0 Å². The van der Waals surface area contributed by atoms with Crippen molar-refractivity contribution in [3.05, 3.63) is 64.8 Å². The summed E-state index contributed by atoms with van der Waals surface area (Å²) >= 11 is 3.44. The molecule has 4 heteroatoms. The fourth-order valence-corrected chi connectivity index (χ4v) is 2.49. The summed E-state index contributed by atoms with van der Waals surface area (Å²) in [5.41, 5.74) is 7.64. The second-order valence-electron chi connectivity index (χ2n) is 4.38. The van der Waals surface area contributed by atoms with Gasteiger partial charge in [0.05, 0.1) is 5.52 Å². The van der Waals surface area contributed by atoms with Crippen LogP contribution in [0.4, 0.5) is 0 Å². The molecule has 0 aliphatic rings. The van der Waals surface area contributed by atoms with Crippen molar-refractivity contribution in [2.24, 2.45) is 5.73 Å². The van der Waals surface area contributed by atoms with E-state index in [0.29, 0.717) is 6.54 Å². The molecule has 2 aromatic carbocycles. The molecule has 0 aliphatic heterocycles. The maximum Gasteiger partial charge on any atom is 0.138 e. The zero-order chi connectivity index (χ0) is 13.9. The van der Waals surface area contributed by atoms with E-state index in [4.69, 9.17) is 10.5 Å². The third kappa shape index (κ3) is 2.53. The van der Waals surface area contributed by atoms with Crippen LogP contribution in [0.2, 0.25) is 0 Å². The summed E-state index contributed by atoms with van der Waals surface area (Å²) in [6, 6.07) is 15.6. The smallest absolute Gasteiger partial charge is 0.138 e. The van der Waals surface area contributed by atoms with E-state index in [2.05, 4.69) is 20.9 Å². The minimum absolute atomic E-state index is 0.428. The van der Waals surface area contributed by atoms with Gasteiger partial charge in [0.2, 0.25) is 0 Å². The molecule has 0 spiro atoms. The Bertz CT molecular complexity index is 753. The van der Waals surface area contributed by atoms with Gasteiger partial charge in [-0.2, -0.15) is 0 Å². The van der Waals surface area contributed by atoms with Crippen LogP contribution < -0.4 is 10.5 Å². The highest BCUT2D eigenvalue weighted by atomic mass is 79.9. The number of nitrogens with two attached hydrogens (primary N) is 1. The van der Waals surface area contributed by atoms with Gasteiger partial charge < -0.3 is 10.5 Å². The molecule has 0 radical (unpaired) electrons.